The molecule has 6 nitrogen and oxygen atoms in total. The van der Waals surface area contributed by atoms with Crippen LogP contribution in [0.4, 0.5) is 5.69 Å². The largest absolute Gasteiger partial charge is 0.379 e. The van der Waals surface area contributed by atoms with E-state index in [2.05, 4.69) is 27.0 Å². The molecule has 2 aliphatic rings. The number of rotatable bonds is 5. The van der Waals surface area contributed by atoms with Crippen molar-refractivity contribution in [2.45, 2.75) is 19.8 Å². The number of pyridine rings is 1. The number of nitrogens with zero attached hydrogens (tertiary/aromatic N) is 3. The van der Waals surface area contributed by atoms with Crippen molar-refractivity contribution >= 4 is 11.6 Å². The van der Waals surface area contributed by atoms with Crippen molar-refractivity contribution < 1.29 is 9.53 Å². The molecule has 0 aromatic carbocycles. The maximum absolute atomic E-state index is 12.4. The first-order valence-electron chi connectivity index (χ1n) is 9.00. The van der Waals surface area contributed by atoms with Crippen LogP contribution in [0.5, 0.6) is 0 Å². The van der Waals surface area contributed by atoms with Crippen molar-refractivity contribution in [1.29, 1.82) is 0 Å². The third-order valence-electron chi connectivity index (χ3n) is 4.83. The molecule has 2 aliphatic heterocycles. The van der Waals surface area contributed by atoms with E-state index in [1.807, 2.05) is 12.3 Å². The van der Waals surface area contributed by atoms with Gasteiger partial charge in [-0.15, -0.1) is 0 Å². The lowest BCUT2D eigenvalue weighted by Gasteiger charge is -2.32. The molecule has 1 aromatic heterocycles. The number of ether oxygens (including phenoxy) is 1. The van der Waals surface area contributed by atoms with Gasteiger partial charge in [0.05, 0.1) is 30.7 Å². The molecule has 2 fully saturated rings. The van der Waals surface area contributed by atoms with Crippen LogP contribution < -0.4 is 10.2 Å². The summed E-state index contributed by atoms with van der Waals surface area (Å²) >= 11 is 0. The Kier molecular flexibility index (Phi) is 6.04. The lowest BCUT2D eigenvalue weighted by atomic mass is 10.00. The smallest absolute Gasteiger partial charge is 0.252 e. The summed E-state index contributed by atoms with van der Waals surface area (Å²) in [5, 5.41) is 3.01. The van der Waals surface area contributed by atoms with Gasteiger partial charge in [0.15, 0.2) is 0 Å². The van der Waals surface area contributed by atoms with Crippen molar-refractivity contribution in [3.05, 3.63) is 24.0 Å². The van der Waals surface area contributed by atoms with E-state index in [-0.39, 0.29) is 5.91 Å². The molecular formula is C18H28N4O2. The van der Waals surface area contributed by atoms with E-state index in [9.17, 15) is 4.79 Å². The van der Waals surface area contributed by atoms with Crippen LogP contribution in [0.25, 0.3) is 0 Å². The number of carbonyl (C=O) groups is 1. The Labute approximate surface area is 144 Å². The molecule has 0 bridgehead atoms. The van der Waals surface area contributed by atoms with Crippen LogP contribution in [-0.4, -0.2) is 68.3 Å². The van der Waals surface area contributed by atoms with Crippen LogP contribution in [-0.2, 0) is 4.74 Å². The zero-order valence-electron chi connectivity index (χ0n) is 14.5. The molecule has 2 saturated heterocycles. The Balaban J connectivity index is 1.52. The zero-order chi connectivity index (χ0) is 16.8. The molecule has 1 aromatic rings. The number of hydrogen-bond donors (Lipinski definition) is 1. The predicted octanol–water partition coefficient (Wildman–Crippen LogP) is 1.38. The second-order valence-corrected chi connectivity index (χ2v) is 6.84. The highest BCUT2D eigenvalue weighted by Gasteiger charge is 2.18. The molecule has 3 heterocycles. The second-order valence-electron chi connectivity index (χ2n) is 6.84. The highest BCUT2D eigenvalue weighted by molar-refractivity contribution is 5.94. The highest BCUT2D eigenvalue weighted by atomic mass is 16.5. The van der Waals surface area contributed by atoms with Gasteiger partial charge in [-0.05, 0) is 24.8 Å². The van der Waals surface area contributed by atoms with Crippen LogP contribution in [0.15, 0.2) is 18.5 Å². The van der Waals surface area contributed by atoms with E-state index in [1.165, 1.54) is 12.8 Å². The fourth-order valence-electron chi connectivity index (χ4n) is 3.40. The number of piperidine rings is 1. The van der Waals surface area contributed by atoms with Gasteiger partial charge in [0.25, 0.3) is 5.91 Å². The summed E-state index contributed by atoms with van der Waals surface area (Å²) < 4.78 is 5.33. The minimum Gasteiger partial charge on any atom is -0.379 e. The average molecular weight is 332 g/mol. The average Bonchev–Trinajstić information content (AvgIpc) is 2.63. The number of nitrogens with one attached hydrogen (secondary N) is 1. The Morgan fingerprint density at radius 3 is 2.96 bits per heavy atom. The van der Waals surface area contributed by atoms with E-state index in [0.717, 1.165) is 51.6 Å². The van der Waals surface area contributed by atoms with Gasteiger partial charge in [-0.3, -0.25) is 14.7 Å². The zero-order valence-corrected chi connectivity index (χ0v) is 14.5. The Morgan fingerprint density at radius 1 is 1.33 bits per heavy atom. The van der Waals surface area contributed by atoms with Crippen LogP contribution in [0.2, 0.25) is 0 Å². The Bertz CT molecular complexity index is 546. The topological polar surface area (TPSA) is 57.7 Å². The van der Waals surface area contributed by atoms with Gasteiger partial charge < -0.3 is 15.0 Å². The monoisotopic (exact) mass is 332 g/mol. The third-order valence-corrected chi connectivity index (χ3v) is 4.83. The summed E-state index contributed by atoms with van der Waals surface area (Å²) in [6, 6.07) is 1.97. The summed E-state index contributed by atoms with van der Waals surface area (Å²) in [5.41, 5.74) is 1.70. The lowest BCUT2D eigenvalue weighted by molar-refractivity contribution is 0.0383. The van der Waals surface area contributed by atoms with E-state index >= 15 is 0 Å². The maximum atomic E-state index is 12.4. The first kappa shape index (κ1) is 17.2. The van der Waals surface area contributed by atoms with E-state index in [4.69, 9.17) is 4.74 Å². The number of carbonyl (C=O) groups excluding carboxylic acids is 1. The van der Waals surface area contributed by atoms with Crippen LogP contribution in [0.3, 0.4) is 0 Å². The minimum absolute atomic E-state index is 0.0392. The Hall–Kier alpha value is -1.66. The summed E-state index contributed by atoms with van der Waals surface area (Å²) in [6.07, 6.45) is 6.01. The molecule has 0 radical (unpaired) electrons. The third kappa shape index (κ3) is 4.68. The number of morpholine rings is 1. The quantitative estimate of drug-likeness (QED) is 0.883. The molecule has 0 saturated carbocycles. The summed E-state index contributed by atoms with van der Waals surface area (Å²) in [7, 11) is 0. The van der Waals surface area contributed by atoms with Crippen molar-refractivity contribution in [3.8, 4) is 0 Å². The fraction of sp³-hybridized carbons (Fsp3) is 0.667. The molecule has 3 rings (SSSR count). The molecule has 1 atom stereocenters. The van der Waals surface area contributed by atoms with E-state index in [1.54, 1.807) is 6.20 Å². The van der Waals surface area contributed by atoms with Crippen molar-refractivity contribution in [1.82, 2.24) is 15.2 Å². The molecule has 0 aliphatic carbocycles. The van der Waals surface area contributed by atoms with Gasteiger partial charge in [-0.2, -0.15) is 0 Å². The number of anilines is 1. The lowest BCUT2D eigenvalue weighted by Crippen LogP contribution is -2.41. The van der Waals surface area contributed by atoms with Crippen molar-refractivity contribution in [3.63, 3.8) is 0 Å². The van der Waals surface area contributed by atoms with E-state index < -0.39 is 0 Å². The van der Waals surface area contributed by atoms with Gasteiger partial charge in [-0.25, -0.2) is 0 Å². The molecule has 6 heteroatoms. The molecule has 1 unspecified atom stereocenters. The van der Waals surface area contributed by atoms with Gasteiger partial charge in [-0.1, -0.05) is 6.92 Å². The summed E-state index contributed by atoms with van der Waals surface area (Å²) in [4.78, 5) is 21.3. The predicted molar refractivity (Wildman–Crippen MR) is 94.4 cm³/mol. The van der Waals surface area contributed by atoms with Gasteiger partial charge in [0.1, 0.15) is 0 Å². The molecule has 24 heavy (non-hydrogen) atoms. The van der Waals surface area contributed by atoms with Crippen molar-refractivity contribution in [2.24, 2.45) is 5.92 Å². The molecule has 0 spiro atoms. The Morgan fingerprint density at radius 2 is 2.17 bits per heavy atom. The summed E-state index contributed by atoms with van der Waals surface area (Å²) in [5.74, 6) is 0.660. The molecule has 1 N–H and O–H groups in total. The second kappa shape index (κ2) is 8.44. The molecule has 132 valence electrons. The van der Waals surface area contributed by atoms with Crippen molar-refractivity contribution in [2.75, 3.05) is 57.4 Å². The highest BCUT2D eigenvalue weighted by Crippen LogP contribution is 2.22. The molecule has 1 amide bonds. The van der Waals surface area contributed by atoms with Crippen LogP contribution in [0, 0.1) is 5.92 Å². The fourth-order valence-corrected chi connectivity index (χ4v) is 3.40. The van der Waals surface area contributed by atoms with Gasteiger partial charge in [0, 0.05) is 45.5 Å². The minimum atomic E-state index is -0.0392. The first-order valence-corrected chi connectivity index (χ1v) is 9.00. The van der Waals surface area contributed by atoms with Gasteiger partial charge in [0.2, 0.25) is 0 Å². The standard InChI is InChI=1S/C18H28N4O2/c1-15-3-2-5-22(14-15)17-11-16(12-19-13-17)18(23)20-4-6-21-7-9-24-10-8-21/h11-13,15H,2-10,14H2,1H3,(H,20,23). The van der Waals surface area contributed by atoms with E-state index in [0.29, 0.717) is 18.0 Å². The van der Waals surface area contributed by atoms with Crippen LogP contribution in [0.1, 0.15) is 30.1 Å². The maximum Gasteiger partial charge on any atom is 0.252 e. The first-order chi connectivity index (χ1) is 11.7. The number of amides is 1. The number of hydrogen-bond acceptors (Lipinski definition) is 5. The summed E-state index contributed by atoms with van der Waals surface area (Å²) in [6.45, 7) is 9.36. The SMILES string of the molecule is CC1CCCN(c2cncc(C(=O)NCCN3CCOCC3)c2)C1. The normalized spacial score (nSPS) is 22.4. The van der Waals surface area contributed by atoms with Gasteiger partial charge >= 0.3 is 0 Å². The molecular weight excluding hydrogens is 304 g/mol. The number of aromatic nitrogens is 1. The van der Waals surface area contributed by atoms with Crippen LogP contribution >= 0.6 is 0 Å².